The number of piperazine rings is 1. The minimum absolute atomic E-state index is 0.0361. The Hall–Kier alpha value is -4.51. The van der Waals surface area contributed by atoms with Crippen molar-refractivity contribution in [3.05, 3.63) is 81.5 Å². The largest absolute Gasteiger partial charge is 0.507 e. The molecule has 1 fully saturated rings. The van der Waals surface area contributed by atoms with Crippen molar-refractivity contribution in [2.24, 2.45) is 0 Å². The van der Waals surface area contributed by atoms with Crippen molar-refractivity contribution < 1.29 is 23.4 Å². The number of hydrogen-bond acceptors (Lipinski definition) is 7. The van der Waals surface area contributed by atoms with E-state index in [1.54, 1.807) is 24.1 Å². The SMILES string of the molecule is C=CC(=O)N1CCN2c3nc(=O)n(-c4c(C)ccnc4C(C)C)c4c(Cl)c(-c5c(O)cccc5F)c(F)c(c34)OCC2C1. The molecule has 1 atom stereocenters. The summed E-state index contributed by atoms with van der Waals surface area (Å²) < 4.78 is 39.3. The van der Waals surface area contributed by atoms with E-state index in [9.17, 15) is 14.7 Å². The molecule has 1 saturated heterocycles. The number of benzene rings is 2. The number of phenolic OH excluding ortho intramolecular Hbond substituents is 1. The van der Waals surface area contributed by atoms with Gasteiger partial charge in [0, 0.05) is 31.4 Å². The van der Waals surface area contributed by atoms with Crippen LogP contribution in [0.3, 0.4) is 0 Å². The average Bonchev–Trinajstić information content (AvgIpc) is 3.13. The van der Waals surface area contributed by atoms with Crippen LogP contribution in [-0.2, 0) is 4.79 Å². The average molecular weight is 608 g/mol. The summed E-state index contributed by atoms with van der Waals surface area (Å²) in [5, 5.41) is 10.5. The summed E-state index contributed by atoms with van der Waals surface area (Å²) in [6.07, 6.45) is 2.85. The van der Waals surface area contributed by atoms with Gasteiger partial charge < -0.3 is 19.6 Å². The molecule has 0 radical (unpaired) electrons. The molecule has 6 rings (SSSR count). The van der Waals surface area contributed by atoms with Crippen molar-refractivity contribution >= 4 is 34.2 Å². The third-order valence-electron chi connectivity index (χ3n) is 7.98. The fourth-order valence-electron chi connectivity index (χ4n) is 5.97. The Kier molecular flexibility index (Phi) is 7.08. The van der Waals surface area contributed by atoms with Gasteiger partial charge in [-0.15, -0.1) is 0 Å². The summed E-state index contributed by atoms with van der Waals surface area (Å²) >= 11 is 7.01. The van der Waals surface area contributed by atoms with E-state index in [-0.39, 0.29) is 59.0 Å². The Balaban J connectivity index is 1.76. The van der Waals surface area contributed by atoms with Gasteiger partial charge in [0.15, 0.2) is 11.6 Å². The Bertz CT molecular complexity index is 1870. The summed E-state index contributed by atoms with van der Waals surface area (Å²) in [6.45, 7) is 9.91. The first kappa shape index (κ1) is 28.6. The highest BCUT2D eigenvalue weighted by atomic mass is 35.5. The summed E-state index contributed by atoms with van der Waals surface area (Å²) in [5.74, 6) is -3.03. The van der Waals surface area contributed by atoms with Crippen molar-refractivity contribution in [1.29, 1.82) is 0 Å². The first-order valence-electron chi connectivity index (χ1n) is 13.8. The molecule has 2 aliphatic rings. The van der Waals surface area contributed by atoms with E-state index in [1.165, 1.54) is 22.8 Å². The second kappa shape index (κ2) is 10.6. The van der Waals surface area contributed by atoms with Crippen LogP contribution >= 0.6 is 11.6 Å². The van der Waals surface area contributed by atoms with Crippen molar-refractivity contribution in [3.8, 4) is 28.3 Å². The molecule has 4 heterocycles. The van der Waals surface area contributed by atoms with Crippen LogP contribution in [-0.4, -0.2) is 62.7 Å². The van der Waals surface area contributed by atoms with Gasteiger partial charge in [0.2, 0.25) is 5.91 Å². The monoisotopic (exact) mass is 607 g/mol. The summed E-state index contributed by atoms with van der Waals surface area (Å²) in [6, 6.07) is 4.82. The topological polar surface area (TPSA) is 101 Å². The number of nitrogens with zero attached hydrogens (tertiary/aromatic N) is 5. The van der Waals surface area contributed by atoms with Crippen LogP contribution in [0, 0.1) is 18.6 Å². The zero-order valence-electron chi connectivity index (χ0n) is 23.7. The minimum Gasteiger partial charge on any atom is -0.507 e. The number of ether oxygens (including phenoxy) is 1. The predicted molar refractivity (Wildman–Crippen MR) is 159 cm³/mol. The number of aryl methyl sites for hydroxylation is 1. The Labute approximate surface area is 250 Å². The lowest BCUT2D eigenvalue weighted by atomic mass is 9.99. The van der Waals surface area contributed by atoms with Crippen molar-refractivity contribution in [2.75, 3.05) is 31.1 Å². The van der Waals surface area contributed by atoms with Gasteiger partial charge in [0.05, 0.1) is 38.9 Å². The standard InChI is InChI=1S/C31H28ClF2N5O4/c1-5-20(41)37-11-12-38-17(13-37)14-43-29-23-28(24(32)22(25(29)34)21-18(33)7-6-8-19(21)40)39(31(42)36-30(23)38)27-16(4)9-10-35-26(27)15(2)3/h5-10,15,17,40H,1,11-14H2,2-4H3. The Morgan fingerprint density at radius 3 is 2.70 bits per heavy atom. The van der Waals surface area contributed by atoms with Crippen molar-refractivity contribution in [3.63, 3.8) is 0 Å². The number of fused-ring (bicyclic) bond motifs is 2. The summed E-state index contributed by atoms with van der Waals surface area (Å²) in [7, 11) is 0. The molecule has 0 spiro atoms. The molecular weight excluding hydrogens is 580 g/mol. The molecular formula is C31H28ClF2N5O4. The molecule has 12 heteroatoms. The molecule has 0 aliphatic carbocycles. The van der Waals surface area contributed by atoms with Gasteiger partial charge in [-0.05, 0) is 42.7 Å². The van der Waals surface area contributed by atoms with Crippen LogP contribution < -0.4 is 15.3 Å². The maximum absolute atomic E-state index is 16.7. The molecule has 43 heavy (non-hydrogen) atoms. The Morgan fingerprint density at radius 1 is 1.23 bits per heavy atom. The highest BCUT2D eigenvalue weighted by Gasteiger charge is 2.39. The van der Waals surface area contributed by atoms with Crippen molar-refractivity contribution in [2.45, 2.75) is 32.7 Å². The number of halogens is 3. The van der Waals surface area contributed by atoms with E-state index >= 15 is 8.78 Å². The molecule has 0 bridgehead atoms. The van der Waals surface area contributed by atoms with Gasteiger partial charge in [-0.25, -0.2) is 13.6 Å². The lowest BCUT2D eigenvalue weighted by Crippen LogP contribution is -2.56. The van der Waals surface area contributed by atoms with E-state index in [4.69, 9.17) is 16.3 Å². The maximum Gasteiger partial charge on any atom is 0.354 e. The fraction of sp³-hybridized carbons (Fsp3) is 0.290. The molecule has 1 amide bonds. The molecule has 2 aromatic carbocycles. The number of carbonyl (C=O) groups excluding carboxylic acids is 1. The first-order valence-corrected chi connectivity index (χ1v) is 14.1. The van der Waals surface area contributed by atoms with Crippen LogP contribution in [0.2, 0.25) is 5.02 Å². The summed E-state index contributed by atoms with van der Waals surface area (Å²) in [4.78, 5) is 38.9. The number of rotatable bonds is 4. The number of aromatic hydroxyl groups is 1. The highest BCUT2D eigenvalue weighted by molar-refractivity contribution is 6.39. The van der Waals surface area contributed by atoms with Crippen LogP contribution in [0.4, 0.5) is 14.6 Å². The van der Waals surface area contributed by atoms with Gasteiger partial charge in [-0.3, -0.25) is 14.3 Å². The smallest absolute Gasteiger partial charge is 0.354 e. The summed E-state index contributed by atoms with van der Waals surface area (Å²) in [5.41, 5.74) is 0.0520. The lowest BCUT2D eigenvalue weighted by molar-refractivity contribution is -0.126. The maximum atomic E-state index is 16.7. The predicted octanol–water partition coefficient (Wildman–Crippen LogP) is 5.11. The van der Waals surface area contributed by atoms with E-state index in [1.807, 2.05) is 18.7 Å². The molecule has 1 unspecified atom stereocenters. The number of hydrogen-bond donors (Lipinski definition) is 1. The van der Waals surface area contributed by atoms with E-state index in [2.05, 4.69) is 16.5 Å². The second-order valence-electron chi connectivity index (χ2n) is 10.9. The van der Waals surface area contributed by atoms with Gasteiger partial charge in [0.1, 0.15) is 24.0 Å². The fourth-order valence-corrected chi connectivity index (χ4v) is 6.32. The van der Waals surface area contributed by atoms with E-state index in [0.717, 1.165) is 6.07 Å². The number of phenols is 1. The van der Waals surface area contributed by atoms with Crippen LogP contribution in [0.5, 0.6) is 11.5 Å². The molecule has 2 aliphatic heterocycles. The highest BCUT2D eigenvalue weighted by Crippen LogP contribution is 2.50. The molecule has 4 aromatic rings. The second-order valence-corrected chi connectivity index (χ2v) is 11.3. The Morgan fingerprint density at radius 2 is 2.00 bits per heavy atom. The molecule has 222 valence electrons. The van der Waals surface area contributed by atoms with Crippen LogP contribution in [0.1, 0.15) is 31.0 Å². The zero-order chi connectivity index (χ0) is 30.7. The lowest BCUT2D eigenvalue weighted by Gasteiger charge is -2.40. The van der Waals surface area contributed by atoms with Gasteiger partial charge >= 0.3 is 5.69 Å². The van der Waals surface area contributed by atoms with Gasteiger partial charge in [0.25, 0.3) is 0 Å². The molecule has 9 nitrogen and oxygen atoms in total. The van der Waals surface area contributed by atoms with E-state index < -0.39 is 40.2 Å². The van der Waals surface area contributed by atoms with Crippen LogP contribution in [0.15, 0.2) is 47.9 Å². The number of amides is 1. The van der Waals surface area contributed by atoms with Crippen molar-refractivity contribution in [1.82, 2.24) is 19.4 Å². The van der Waals surface area contributed by atoms with E-state index in [0.29, 0.717) is 23.5 Å². The number of carbonyl (C=O) groups is 1. The number of aromatic nitrogens is 3. The van der Waals surface area contributed by atoms with Gasteiger partial charge in [-0.2, -0.15) is 4.98 Å². The quantitative estimate of drug-likeness (QED) is 0.322. The number of anilines is 1. The zero-order valence-corrected chi connectivity index (χ0v) is 24.5. The van der Waals surface area contributed by atoms with Gasteiger partial charge in [-0.1, -0.05) is 38.1 Å². The molecule has 1 N–H and O–H groups in total. The molecule has 2 aromatic heterocycles. The number of pyridine rings is 1. The first-order chi connectivity index (χ1) is 20.5. The molecule has 0 saturated carbocycles. The van der Waals surface area contributed by atoms with Crippen LogP contribution in [0.25, 0.3) is 27.7 Å². The third kappa shape index (κ3) is 4.41. The minimum atomic E-state index is -1.02. The normalized spacial score (nSPS) is 16.2. The third-order valence-corrected chi connectivity index (χ3v) is 8.35.